The third-order valence-electron chi connectivity index (χ3n) is 2.43. The van der Waals surface area contributed by atoms with Crippen LogP contribution in [0.4, 0.5) is 5.69 Å². The highest BCUT2D eigenvalue weighted by Crippen LogP contribution is 2.12. The van der Waals surface area contributed by atoms with Gasteiger partial charge >= 0.3 is 0 Å². The number of hydrogen-bond donors (Lipinski definition) is 0. The van der Waals surface area contributed by atoms with E-state index in [4.69, 9.17) is 0 Å². The van der Waals surface area contributed by atoms with E-state index in [0.717, 1.165) is 19.6 Å². The summed E-state index contributed by atoms with van der Waals surface area (Å²) in [6.45, 7) is 5.57. The van der Waals surface area contributed by atoms with Crippen molar-refractivity contribution >= 4 is 5.69 Å². The van der Waals surface area contributed by atoms with Crippen LogP contribution in [0.3, 0.4) is 0 Å². The molecule has 15 heavy (non-hydrogen) atoms. The van der Waals surface area contributed by atoms with Crippen LogP contribution in [-0.2, 0) is 0 Å². The molecule has 0 spiro atoms. The molecule has 0 aliphatic heterocycles. The van der Waals surface area contributed by atoms with Gasteiger partial charge in [-0.15, -0.1) is 0 Å². The summed E-state index contributed by atoms with van der Waals surface area (Å²) in [5, 5.41) is 0. The molecule has 0 aliphatic carbocycles. The maximum atomic E-state index is 2.44. The van der Waals surface area contributed by atoms with Crippen molar-refractivity contribution in [3.63, 3.8) is 0 Å². The molecule has 0 N–H and O–H groups in total. The molecule has 0 atom stereocenters. The minimum Gasteiger partial charge on any atom is -0.370 e. The Morgan fingerprint density at radius 3 is 2.13 bits per heavy atom. The lowest BCUT2D eigenvalue weighted by molar-refractivity contribution is 0.413. The Morgan fingerprint density at radius 1 is 0.933 bits per heavy atom. The minimum absolute atomic E-state index is 1.10. The third-order valence-corrected chi connectivity index (χ3v) is 2.43. The number of benzene rings is 1. The highest BCUT2D eigenvalue weighted by Gasteiger charge is 2.04. The van der Waals surface area contributed by atoms with E-state index in [1.165, 1.54) is 12.1 Å². The predicted molar refractivity (Wildman–Crippen MR) is 67.5 cm³/mol. The van der Waals surface area contributed by atoms with Gasteiger partial charge in [-0.25, -0.2) is 0 Å². The van der Waals surface area contributed by atoms with Crippen molar-refractivity contribution in [2.45, 2.75) is 13.3 Å². The highest BCUT2D eigenvalue weighted by atomic mass is 15.2. The molecule has 0 radical (unpaired) electrons. The Labute approximate surface area is 93.5 Å². The number of para-hydroxylation sites is 1. The van der Waals surface area contributed by atoms with Gasteiger partial charge in [0.15, 0.2) is 0 Å². The molecular weight excluding hydrogens is 184 g/mol. The molecule has 0 aliphatic rings. The summed E-state index contributed by atoms with van der Waals surface area (Å²) in [6, 6.07) is 10.7. The smallest absolute Gasteiger partial charge is 0.0366 e. The van der Waals surface area contributed by atoms with Gasteiger partial charge in [-0.1, -0.05) is 25.1 Å². The molecule has 0 amide bonds. The summed E-state index contributed by atoms with van der Waals surface area (Å²) in [5.74, 6) is 0. The summed E-state index contributed by atoms with van der Waals surface area (Å²) in [5.41, 5.74) is 1.33. The molecule has 2 nitrogen and oxygen atoms in total. The van der Waals surface area contributed by atoms with E-state index >= 15 is 0 Å². The van der Waals surface area contributed by atoms with Gasteiger partial charge in [-0.05, 0) is 32.6 Å². The maximum absolute atomic E-state index is 2.44. The van der Waals surface area contributed by atoms with Crippen molar-refractivity contribution in [3.05, 3.63) is 30.3 Å². The molecule has 0 heterocycles. The van der Waals surface area contributed by atoms with Crippen molar-refractivity contribution in [1.82, 2.24) is 4.90 Å². The summed E-state index contributed by atoms with van der Waals surface area (Å²) in [6.07, 6.45) is 1.20. The van der Waals surface area contributed by atoms with Crippen molar-refractivity contribution in [2.75, 3.05) is 38.6 Å². The van der Waals surface area contributed by atoms with Gasteiger partial charge < -0.3 is 9.80 Å². The summed E-state index contributed by atoms with van der Waals surface area (Å²) >= 11 is 0. The molecule has 84 valence electrons. The van der Waals surface area contributed by atoms with Crippen molar-refractivity contribution < 1.29 is 0 Å². The van der Waals surface area contributed by atoms with E-state index in [9.17, 15) is 0 Å². The van der Waals surface area contributed by atoms with Crippen molar-refractivity contribution in [2.24, 2.45) is 0 Å². The largest absolute Gasteiger partial charge is 0.370 e. The second kappa shape index (κ2) is 6.46. The quantitative estimate of drug-likeness (QED) is 0.705. The standard InChI is InChI=1S/C13H22N2/c1-4-10-15(12-11-14(2)3)13-8-6-5-7-9-13/h5-9H,4,10-12H2,1-3H3. The van der Waals surface area contributed by atoms with Crippen LogP contribution in [0.5, 0.6) is 0 Å². The lowest BCUT2D eigenvalue weighted by atomic mass is 10.2. The van der Waals surface area contributed by atoms with Crippen LogP contribution < -0.4 is 4.90 Å². The topological polar surface area (TPSA) is 6.48 Å². The van der Waals surface area contributed by atoms with Gasteiger partial charge in [0.05, 0.1) is 0 Å². The lowest BCUT2D eigenvalue weighted by Crippen LogP contribution is -2.32. The fraction of sp³-hybridized carbons (Fsp3) is 0.538. The van der Waals surface area contributed by atoms with E-state index in [2.05, 4.69) is 61.2 Å². The Kier molecular flexibility index (Phi) is 5.19. The predicted octanol–water partition coefficient (Wildman–Crippen LogP) is 2.46. The molecule has 0 fully saturated rings. The zero-order valence-electron chi connectivity index (χ0n) is 10.1. The van der Waals surface area contributed by atoms with Crippen molar-refractivity contribution in [3.8, 4) is 0 Å². The molecule has 1 aromatic rings. The second-order valence-corrected chi connectivity index (χ2v) is 4.13. The zero-order chi connectivity index (χ0) is 11.1. The van der Waals surface area contributed by atoms with E-state index in [1.807, 2.05) is 0 Å². The molecule has 0 unspecified atom stereocenters. The first-order chi connectivity index (χ1) is 7.24. The Hall–Kier alpha value is -1.02. The van der Waals surface area contributed by atoms with Gasteiger partial charge in [-0.3, -0.25) is 0 Å². The number of hydrogen-bond acceptors (Lipinski definition) is 2. The first-order valence-electron chi connectivity index (χ1n) is 5.68. The average molecular weight is 206 g/mol. The molecule has 1 aromatic carbocycles. The Morgan fingerprint density at radius 2 is 1.60 bits per heavy atom. The van der Waals surface area contributed by atoms with Crippen LogP contribution in [0, 0.1) is 0 Å². The monoisotopic (exact) mass is 206 g/mol. The first kappa shape index (κ1) is 12.1. The number of anilines is 1. The molecule has 0 saturated heterocycles. The Bertz CT molecular complexity index is 256. The second-order valence-electron chi connectivity index (χ2n) is 4.13. The summed E-state index contributed by atoms with van der Waals surface area (Å²) in [7, 11) is 4.24. The third kappa shape index (κ3) is 4.34. The molecule has 0 saturated carbocycles. The molecule has 0 aromatic heterocycles. The van der Waals surface area contributed by atoms with E-state index < -0.39 is 0 Å². The van der Waals surface area contributed by atoms with Crippen LogP contribution in [0.25, 0.3) is 0 Å². The summed E-state index contributed by atoms with van der Waals surface area (Å²) in [4.78, 5) is 4.67. The van der Waals surface area contributed by atoms with Crippen LogP contribution in [0.2, 0.25) is 0 Å². The summed E-state index contributed by atoms with van der Waals surface area (Å²) < 4.78 is 0. The lowest BCUT2D eigenvalue weighted by Gasteiger charge is -2.25. The van der Waals surface area contributed by atoms with Crippen LogP contribution in [0.15, 0.2) is 30.3 Å². The average Bonchev–Trinajstić information content (AvgIpc) is 2.25. The maximum Gasteiger partial charge on any atom is 0.0366 e. The fourth-order valence-corrected chi connectivity index (χ4v) is 1.60. The highest BCUT2D eigenvalue weighted by molar-refractivity contribution is 5.45. The first-order valence-corrected chi connectivity index (χ1v) is 5.68. The SMILES string of the molecule is CCCN(CCN(C)C)c1ccccc1. The molecule has 1 rings (SSSR count). The van der Waals surface area contributed by atoms with E-state index in [-0.39, 0.29) is 0 Å². The van der Waals surface area contributed by atoms with Gasteiger partial charge in [-0.2, -0.15) is 0 Å². The molecular formula is C13H22N2. The van der Waals surface area contributed by atoms with Crippen LogP contribution in [0.1, 0.15) is 13.3 Å². The van der Waals surface area contributed by atoms with Gasteiger partial charge in [0.25, 0.3) is 0 Å². The minimum atomic E-state index is 1.10. The molecule has 2 heteroatoms. The van der Waals surface area contributed by atoms with Gasteiger partial charge in [0.1, 0.15) is 0 Å². The van der Waals surface area contributed by atoms with Gasteiger partial charge in [0, 0.05) is 25.3 Å². The van der Waals surface area contributed by atoms with E-state index in [1.54, 1.807) is 0 Å². The van der Waals surface area contributed by atoms with Crippen molar-refractivity contribution in [1.29, 1.82) is 0 Å². The van der Waals surface area contributed by atoms with E-state index in [0.29, 0.717) is 0 Å². The number of rotatable bonds is 6. The fourth-order valence-electron chi connectivity index (χ4n) is 1.60. The number of likely N-dealkylation sites (N-methyl/N-ethyl adjacent to an activating group) is 1. The normalized spacial score (nSPS) is 10.7. The van der Waals surface area contributed by atoms with Crippen LogP contribution >= 0.6 is 0 Å². The van der Waals surface area contributed by atoms with Gasteiger partial charge in [0.2, 0.25) is 0 Å². The molecule has 0 bridgehead atoms. The van der Waals surface area contributed by atoms with Crippen LogP contribution in [-0.4, -0.2) is 38.6 Å². The number of nitrogens with zero attached hydrogens (tertiary/aromatic N) is 2. The zero-order valence-corrected chi connectivity index (χ0v) is 10.1. The Balaban J connectivity index is 2.57.